The lowest BCUT2D eigenvalue weighted by molar-refractivity contribution is 0.1000. The summed E-state index contributed by atoms with van der Waals surface area (Å²) in [5.41, 5.74) is 7.56. The van der Waals surface area contributed by atoms with E-state index >= 15 is 0 Å². The van der Waals surface area contributed by atoms with Gasteiger partial charge in [-0.05, 0) is 42.9 Å². The Morgan fingerprint density at radius 2 is 2.12 bits per heavy atom. The summed E-state index contributed by atoms with van der Waals surface area (Å²) >= 11 is 1.48. The average Bonchev–Trinajstić information content (AvgIpc) is 2.99. The van der Waals surface area contributed by atoms with Crippen LogP contribution in [-0.2, 0) is 12.8 Å². The Morgan fingerprint density at radius 1 is 1.35 bits per heavy atom. The molecular formula is C20H24N2O3S. The van der Waals surface area contributed by atoms with E-state index in [0.717, 1.165) is 31.2 Å². The lowest BCUT2D eigenvalue weighted by Crippen LogP contribution is -2.20. The van der Waals surface area contributed by atoms with Gasteiger partial charge in [-0.1, -0.05) is 31.9 Å². The minimum Gasteiger partial charge on any atom is -0.496 e. The van der Waals surface area contributed by atoms with Crippen LogP contribution in [0.2, 0.25) is 0 Å². The lowest BCUT2D eigenvalue weighted by Gasteiger charge is -2.21. The van der Waals surface area contributed by atoms with Crippen molar-refractivity contribution in [2.75, 3.05) is 12.4 Å². The zero-order valence-electron chi connectivity index (χ0n) is 15.1. The summed E-state index contributed by atoms with van der Waals surface area (Å²) in [6, 6.07) is 7.02. The predicted octanol–water partition coefficient (Wildman–Crippen LogP) is 4.01. The van der Waals surface area contributed by atoms with Gasteiger partial charge in [0.05, 0.1) is 18.2 Å². The summed E-state index contributed by atoms with van der Waals surface area (Å²) in [5, 5.41) is 3.44. The summed E-state index contributed by atoms with van der Waals surface area (Å²) in [7, 11) is 1.53. The van der Waals surface area contributed by atoms with Crippen molar-refractivity contribution in [3.8, 4) is 5.75 Å². The zero-order valence-corrected chi connectivity index (χ0v) is 15.9. The van der Waals surface area contributed by atoms with Crippen LogP contribution in [0.15, 0.2) is 24.3 Å². The number of thiophene rings is 1. The number of benzene rings is 1. The molecule has 0 saturated carbocycles. The first kappa shape index (κ1) is 18.5. The first-order chi connectivity index (χ1) is 12.5. The Labute approximate surface area is 157 Å². The van der Waals surface area contributed by atoms with Crippen molar-refractivity contribution < 1.29 is 14.3 Å². The second-order valence-electron chi connectivity index (χ2n) is 6.62. The summed E-state index contributed by atoms with van der Waals surface area (Å²) in [5.74, 6) is 0.361. The number of rotatable bonds is 6. The number of amides is 2. The van der Waals surface area contributed by atoms with Crippen molar-refractivity contribution in [2.24, 2.45) is 11.7 Å². The topological polar surface area (TPSA) is 81.4 Å². The number of carbonyl (C=O) groups excluding carboxylic acids is 2. The maximum Gasteiger partial charge on any atom is 0.260 e. The number of hydrogen-bond donors (Lipinski definition) is 2. The monoisotopic (exact) mass is 372 g/mol. The summed E-state index contributed by atoms with van der Waals surface area (Å²) < 4.78 is 5.26. The minimum absolute atomic E-state index is 0.298. The number of para-hydroxylation sites is 1. The lowest BCUT2D eigenvalue weighted by atomic mass is 9.84. The second-order valence-corrected chi connectivity index (χ2v) is 7.73. The van der Waals surface area contributed by atoms with Gasteiger partial charge < -0.3 is 15.8 Å². The van der Waals surface area contributed by atoms with E-state index in [0.29, 0.717) is 27.8 Å². The van der Waals surface area contributed by atoms with Crippen molar-refractivity contribution in [1.82, 2.24) is 0 Å². The van der Waals surface area contributed by atoms with E-state index in [1.54, 1.807) is 18.2 Å². The number of carbonyl (C=O) groups is 2. The van der Waals surface area contributed by atoms with Gasteiger partial charge in [0.25, 0.3) is 11.8 Å². The van der Waals surface area contributed by atoms with Gasteiger partial charge in [-0.3, -0.25) is 9.59 Å². The fraction of sp³-hybridized carbons (Fsp3) is 0.400. The molecule has 5 nitrogen and oxygen atoms in total. The van der Waals surface area contributed by atoms with Gasteiger partial charge in [-0.25, -0.2) is 0 Å². The molecule has 1 atom stereocenters. The molecular weight excluding hydrogens is 348 g/mol. The van der Waals surface area contributed by atoms with Crippen LogP contribution in [0.1, 0.15) is 57.3 Å². The van der Waals surface area contributed by atoms with Crippen molar-refractivity contribution in [1.29, 1.82) is 0 Å². The molecule has 6 heteroatoms. The Balaban J connectivity index is 1.91. The smallest absolute Gasteiger partial charge is 0.260 e. The Kier molecular flexibility index (Phi) is 5.61. The Morgan fingerprint density at radius 3 is 2.81 bits per heavy atom. The highest BCUT2D eigenvalue weighted by Gasteiger charge is 2.28. The summed E-state index contributed by atoms with van der Waals surface area (Å²) in [4.78, 5) is 25.9. The van der Waals surface area contributed by atoms with Gasteiger partial charge >= 0.3 is 0 Å². The molecule has 26 heavy (non-hydrogen) atoms. The number of nitrogens with two attached hydrogens (primary N) is 1. The number of primary amides is 1. The molecule has 3 rings (SSSR count). The second kappa shape index (κ2) is 7.91. The number of anilines is 1. The van der Waals surface area contributed by atoms with E-state index in [4.69, 9.17) is 10.5 Å². The fourth-order valence-corrected chi connectivity index (χ4v) is 5.02. The van der Waals surface area contributed by atoms with Crippen LogP contribution in [0.5, 0.6) is 5.75 Å². The molecule has 2 amide bonds. The van der Waals surface area contributed by atoms with Gasteiger partial charge in [0.15, 0.2) is 0 Å². The molecule has 0 aliphatic heterocycles. The number of ether oxygens (including phenoxy) is 1. The van der Waals surface area contributed by atoms with E-state index in [1.165, 1.54) is 29.7 Å². The van der Waals surface area contributed by atoms with Crippen molar-refractivity contribution >= 4 is 28.2 Å². The highest BCUT2D eigenvalue weighted by Crippen LogP contribution is 2.40. The summed E-state index contributed by atoms with van der Waals surface area (Å²) in [6.45, 7) is 2.19. The van der Waals surface area contributed by atoms with Gasteiger partial charge in [-0.15, -0.1) is 11.3 Å². The molecule has 0 bridgehead atoms. The predicted molar refractivity (Wildman–Crippen MR) is 104 cm³/mol. The molecule has 138 valence electrons. The third kappa shape index (κ3) is 3.60. The quantitative estimate of drug-likeness (QED) is 0.804. The fourth-order valence-electron chi connectivity index (χ4n) is 3.66. The van der Waals surface area contributed by atoms with Crippen LogP contribution in [0.25, 0.3) is 0 Å². The normalized spacial score (nSPS) is 16.0. The average molecular weight is 372 g/mol. The highest BCUT2D eigenvalue weighted by atomic mass is 32.1. The molecule has 1 aromatic carbocycles. The molecule has 0 saturated heterocycles. The molecule has 2 aromatic rings. The molecule has 1 aliphatic carbocycles. The number of hydrogen-bond acceptors (Lipinski definition) is 4. The van der Waals surface area contributed by atoms with Gasteiger partial charge in [0.1, 0.15) is 10.8 Å². The van der Waals surface area contributed by atoms with E-state index in [1.807, 2.05) is 6.07 Å². The molecule has 0 radical (unpaired) electrons. The van der Waals surface area contributed by atoms with Crippen molar-refractivity contribution in [2.45, 2.75) is 39.0 Å². The SMILES string of the molecule is CCC[C@H]1CCc2c(sc(NC(=O)c3ccccc3OC)c2C(N)=O)C1. The highest BCUT2D eigenvalue weighted by molar-refractivity contribution is 7.17. The Hall–Kier alpha value is -2.34. The van der Waals surface area contributed by atoms with Crippen LogP contribution in [0.3, 0.4) is 0 Å². The third-order valence-corrected chi connectivity index (χ3v) is 6.06. The van der Waals surface area contributed by atoms with Crippen LogP contribution in [0.4, 0.5) is 5.00 Å². The molecule has 1 heterocycles. The number of nitrogens with one attached hydrogen (secondary N) is 1. The molecule has 3 N–H and O–H groups in total. The first-order valence-electron chi connectivity index (χ1n) is 8.93. The van der Waals surface area contributed by atoms with Crippen LogP contribution in [0, 0.1) is 5.92 Å². The maximum atomic E-state index is 12.7. The van der Waals surface area contributed by atoms with Crippen LogP contribution >= 0.6 is 11.3 Å². The molecule has 0 fully saturated rings. The van der Waals surface area contributed by atoms with Crippen LogP contribution < -0.4 is 15.8 Å². The van der Waals surface area contributed by atoms with E-state index in [9.17, 15) is 9.59 Å². The molecule has 1 aromatic heterocycles. The first-order valence-corrected chi connectivity index (χ1v) is 9.75. The molecule has 0 unspecified atom stereocenters. The van der Waals surface area contributed by atoms with E-state index in [-0.39, 0.29) is 5.91 Å². The van der Waals surface area contributed by atoms with Crippen molar-refractivity contribution in [3.63, 3.8) is 0 Å². The maximum absolute atomic E-state index is 12.7. The van der Waals surface area contributed by atoms with E-state index < -0.39 is 5.91 Å². The molecule has 0 spiro atoms. The van der Waals surface area contributed by atoms with Gasteiger partial charge in [0, 0.05) is 4.88 Å². The number of fused-ring (bicyclic) bond motifs is 1. The largest absolute Gasteiger partial charge is 0.496 e. The van der Waals surface area contributed by atoms with E-state index in [2.05, 4.69) is 12.2 Å². The third-order valence-electron chi connectivity index (χ3n) is 4.89. The van der Waals surface area contributed by atoms with Crippen LogP contribution in [-0.4, -0.2) is 18.9 Å². The number of methoxy groups -OCH3 is 1. The van der Waals surface area contributed by atoms with Crippen molar-refractivity contribution in [3.05, 3.63) is 45.8 Å². The minimum atomic E-state index is -0.480. The summed E-state index contributed by atoms with van der Waals surface area (Å²) in [6.07, 6.45) is 5.22. The molecule has 1 aliphatic rings. The zero-order chi connectivity index (χ0) is 18.7. The van der Waals surface area contributed by atoms with Gasteiger partial charge in [0.2, 0.25) is 0 Å². The standard InChI is InChI=1S/C20H24N2O3S/c1-3-6-12-9-10-14-16(11-12)26-20(17(14)18(21)23)22-19(24)13-7-4-5-8-15(13)25-2/h4-5,7-8,12H,3,6,9-11H2,1-2H3,(H2,21,23)(H,22,24)/t12-/m0/s1. The Bertz CT molecular complexity index is 828. The van der Waals surface area contributed by atoms with Gasteiger partial charge in [-0.2, -0.15) is 0 Å².